The van der Waals surface area contributed by atoms with Crippen LogP contribution >= 0.6 is 0 Å². The normalized spacial score (nSPS) is 18.8. The molecule has 0 atom stereocenters. The van der Waals surface area contributed by atoms with E-state index in [1.54, 1.807) is 0 Å². The zero-order valence-electron chi connectivity index (χ0n) is 12.9. The first-order valence-corrected chi connectivity index (χ1v) is 8.47. The molecule has 0 amide bonds. The van der Waals surface area contributed by atoms with Crippen molar-refractivity contribution in [2.24, 2.45) is 11.8 Å². The minimum absolute atomic E-state index is 0.166. The molecule has 19 heavy (non-hydrogen) atoms. The molecule has 0 unspecified atom stereocenters. The summed E-state index contributed by atoms with van der Waals surface area (Å²) in [6.07, 6.45) is 12.9. The summed E-state index contributed by atoms with van der Waals surface area (Å²) in [6.45, 7) is 4.43. The van der Waals surface area contributed by atoms with Gasteiger partial charge in [0.15, 0.2) is 0 Å². The maximum Gasteiger partial charge on any atom is 0.248 e. The highest BCUT2D eigenvalue weighted by Gasteiger charge is 2.47. The van der Waals surface area contributed by atoms with Crippen molar-refractivity contribution in [1.29, 1.82) is 0 Å². The molecule has 0 nitrogen and oxygen atoms in total. The summed E-state index contributed by atoms with van der Waals surface area (Å²) in [5.74, 6) is -1.44. The zero-order valence-corrected chi connectivity index (χ0v) is 12.9. The number of halogens is 2. The van der Waals surface area contributed by atoms with Gasteiger partial charge in [-0.05, 0) is 11.8 Å². The van der Waals surface area contributed by atoms with Crippen LogP contribution in [-0.2, 0) is 0 Å². The Kier molecular flexibility index (Phi) is 7.94. The van der Waals surface area contributed by atoms with E-state index in [4.69, 9.17) is 0 Å². The highest BCUT2D eigenvalue weighted by atomic mass is 19.3. The van der Waals surface area contributed by atoms with Gasteiger partial charge in [-0.25, -0.2) is 8.78 Å². The average molecular weight is 274 g/mol. The van der Waals surface area contributed by atoms with Crippen molar-refractivity contribution in [3.63, 3.8) is 0 Å². The molecular weight excluding hydrogens is 242 g/mol. The van der Waals surface area contributed by atoms with Gasteiger partial charge in [0, 0.05) is 12.8 Å². The van der Waals surface area contributed by atoms with Crippen LogP contribution in [0.1, 0.15) is 90.9 Å². The fraction of sp³-hybridized carbons (Fsp3) is 1.00. The Morgan fingerprint density at radius 1 is 0.842 bits per heavy atom. The molecule has 1 aliphatic carbocycles. The number of hydrogen-bond acceptors (Lipinski definition) is 0. The van der Waals surface area contributed by atoms with E-state index in [-0.39, 0.29) is 12.8 Å². The van der Waals surface area contributed by atoms with Gasteiger partial charge in [0.2, 0.25) is 5.92 Å². The third-order valence-corrected chi connectivity index (χ3v) is 4.65. The predicted molar refractivity (Wildman–Crippen MR) is 78.7 cm³/mol. The van der Waals surface area contributed by atoms with E-state index in [1.165, 1.54) is 64.2 Å². The van der Waals surface area contributed by atoms with Gasteiger partial charge >= 0.3 is 0 Å². The fourth-order valence-corrected chi connectivity index (χ4v) is 3.32. The molecule has 1 fully saturated rings. The molecule has 0 spiro atoms. The Labute approximate surface area is 118 Å². The first-order valence-electron chi connectivity index (χ1n) is 8.47. The molecule has 0 aromatic heterocycles. The van der Waals surface area contributed by atoms with Gasteiger partial charge in [-0.2, -0.15) is 0 Å². The van der Waals surface area contributed by atoms with E-state index in [1.807, 2.05) is 0 Å². The standard InChI is InChI=1S/C17H32F2/c1-3-5-7-9-11-15(12-10-8-6-4-2)16-13-17(18,19)14-16/h15-16H,3-14H2,1-2H3. The maximum atomic E-state index is 13.0. The molecule has 1 aliphatic rings. The van der Waals surface area contributed by atoms with Crippen LogP contribution in [0.25, 0.3) is 0 Å². The minimum Gasteiger partial charge on any atom is -0.207 e. The van der Waals surface area contributed by atoms with Crippen LogP contribution in [-0.4, -0.2) is 5.92 Å². The molecule has 0 saturated heterocycles. The second kappa shape index (κ2) is 8.92. The van der Waals surface area contributed by atoms with E-state index in [9.17, 15) is 8.78 Å². The summed E-state index contributed by atoms with van der Waals surface area (Å²) < 4.78 is 26.1. The van der Waals surface area contributed by atoms with Gasteiger partial charge in [-0.3, -0.25) is 0 Å². The smallest absolute Gasteiger partial charge is 0.207 e. The number of rotatable bonds is 11. The summed E-state index contributed by atoms with van der Waals surface area (Å²) in [6, 6.07) is 0. The van der Waals surface area contributed by atoms with Crippen molar-refractivity contribution < 1.29 is 8.78 Å². The van der Waals surface area contributed by atoms with Gasteiger partial charge in [0.1, 0.15) is 0 Å². The van der Waals surface area contributed by atoms with Crippen LogP contribution in [0.3, 0.4) is 0 Å². The Morgan fingerprint density at radius 3 is 1.68 bits per heavy atom. The highest BCUT2D eigenvalue weighted by Crippen LogP contribution is 2.48. The third-order valence-electron chi connectivity index (χ3n) is 4.65. The summed E-state index contributed by atoms with van der Waals surface area (Å²) in [5.41, 5.74) is 0. The molecule has 0 N–H and O–H groups in total. The quantitative estimate of drug-likeness (QED) is 0.373. The molecule has 0 radical (unpaired) electrons. The van der Waals surface area contributed by atoms with Gasteiger partial charge in [-0.15, -0.1) is 0 Å². The molecule has 114 valence electrons. The predicted octanol–water partition coefficient (Wildman–Crippen LogP) is 6.59. The van der Waals surface area contributed by atoms with Crippen LogP contribution in [0, 0.1) is 11.8 Å². The SMILES string of the molecule is CCCCCCC(CCCCCC)C1CC(F)(F)C1. The molecule has 0 aromatic carbocycles. The van der Waals surface area contributed by atoms with Gasteiger partial charge < -0.3 is 0 Å². The van der Waals surface area contributed by atoms with E-state index >= 15 is 0 Å². The highest BCUT2D eigenvalue weighted by molar-refractivity contribution is 4.90. The lowest BCUT2D eigenvalue weighted by molar-refractivity contribution is -0.128. The molecule has 0 aromatic rings. The fourth-order valence-electron chi connectivity index (χ4n) is 3.32. The van der Waals surface area contributed by atoms with Crippen LogP contribution in [0.5, 0.6) is 0 Å². The molecule has 1 saturated carbocycles. The Morgan fingerprint density at radius 2 is 1.32 bits per heavy atom. The lowest BCUT2D eigenvalue weighted by Crippen LogP contribution is -2.39. The lowest BCUT2D eigenvalue weighted by atomic mass is 9.69. The zero-order chi connectivity index (χ0) is 14.1. The summed E-state index contributed by atoms with van der Waals surface area (Å²) in [5, 5.41) is 0. The Hall–Kier alpha value is -0.140. The van der Waals surface area contributed by atoms with Crippen LogP contribution in [0.4, 0.5) is 8.78 Å². The monoisotopic (exact) mass is 274 g/mol. The molecule has 1 rings (SSSR count). The van der Waals surface area contributed by atoms with Crippen molar-refractivity contribution >= 4 is 0 Å². The molecule has 2 heteroatoms. The van der Waals surface area contributed by atoms with E-state index < -0.39 is 5.92 Å². The van der Waals surface area contributed by atoms with Gasteiger partial charge in [0.05, 0.1) is 0 Å². The Balaban J connectivity index is 2.23. The largest absolute Gasteiger partial charge is 0.248 e. The molecule has 0 aliphatic heterocycles. The van der Waals surface area contributed by atoms with Crippen molar-refractivity contribution in [2.45, 2.75) is 96.8 Å². The second-order valence-corrected chi connectivity index (χ2v) is 6.48. The summed E-state index contributed by atoms with van der Waals surface area (Å²) in [4.78, 5) is 0. The first kappa shape index (κ1) is 16.9. The summed E-state index contributed by atoms with van der Waals surface area (Å²) >= 11 is 0. The van der Waals surface area contributed by atoms with Crippen LogP contribution in [0.15, 0.2) is 0 Å². The van der Waals surface area contributed by atoms with Crippen molar-refractivity contribution in [3.8, 4) is 0 Å². The van der Waals surface area contributed by atoms with Gasteiger partial charge in [-0.1, -0.05) is 78.1 Å². The van der Waals surface area contributed by atoms with Crippen molar-refractivity contribution in [3.05, 3.63) is 0 Å². The topological polar surface area (TPSA) is 0 Å². The van der Waals surface area contributed by atoms with E-state index in [0.717, 1.165) is 0 Å². The van der Waals surface area contributed by atoms with Crippen LogP contribution in [0.2, 0.25) is 0 Å². The van der Waals surface area contributed by atoms with Crippen molar-refractivity contribution in [1.82, 2.24) is 0 Å². The molecular formula is C17H32F2. The maximum absolute atomic E-state index is 13.0. The molecule has 0 heterocycles. The number of alkyl halides is 2. The number of hydrogen-bond donors (Lipinski definition) is 0. The summed E-state index contributed by atoms with van der Waals surface area (Å²) in [7, 11) is 0. The lowest BCUT2D eigenvalue weighted by Gasteiger charge is -2.40. The first-order chi connectivity index (χ1) is 9.09. The van der Waals surface area contributed by atoms with Crippen molar-refractivity contribution in [2.75, 3.05) is 0 Å². The van der Waals surface area contributed by atoms with E-state index in [2.05, 4.69) is 13.8 Å². The average Bonchev–Trinajstić information content (AvgIpc) is 2.34. The Bertz CT molecular complexity index is 205. The van der Waals surface area contributed by atoms with E-state index in [0.29, 0.717) is 11.8 Å². The van der Waals surface area contributed by atoms with Crippen LogP contribution < -0.4 is 0 Å². The minimum atomic E-state index is -2.34. The second-order valence-electron chi connectivity index (χ2n) is 6.48. The molecule has 0 bridgehead atoms. The number of unbranched alkanes of at least 4 members (excludes halogenated alkanes) is 6. The van der Waals surface area contributed by atoms with Gasteiger partial charge in [0.25, 0.3) is 0 Å². The third kappa shape index (κ3) is 6.72.